The van der Waals surface area contributed by atoms with Gasteiger partial charge in [-0.2, -0.15) is 0 Å². The van der Waals surface area contributed by atoms with Gasteiger partial charge in [0.1, 0.15) is 0 Å². The molecule has 1 fully saturated rings. The smallest absolute Gasteiger partial charge is 0.0897 e. The summed E-state index contributed by atoms with van der Waals surface area (Å²) in [4.78, 5) is 0. The van der Waals surface area contributed by atoms with Crippen LogP contribution in [0.1, 0.15) is 52.9 Å². The summed E-state index contributed by atoms with van der Waals surface area (Å²) >= 11 is 0. The van der Waals surface area contributed by atoms with Crippen molar-refractivity contribution in [1.82, 2.24) is 5.32 Å². The van der Waals surface area contributed by atoms with E-state index in [2.05, 4.69) is 26.1 Å². The molecule has 0 aromatic rings. The van der Waals surface area contributed by atoms with Crippen LogP contribution in [0.4, 0.5) is 0 Å². The molecule has 0 heterocycles. The molecule has 120 valence electrons. The Morgan fingerprint density at radius 2 is 1.95 bits per heavy atom. The monoisotopic (exact) mass is 287 g/mol. The third-order valence-electron chi connectivity index (χ3n) is 4.48. The zero-order valence-electron chi connectivity index (χ0n) is 13.3. The molecule has 0 aliphatic heterocycles. The molecule has 1 aliphatic rings. The van der Waals surface area contributed by atoms with Gasteiger partial charge in [0.25, 0.3) is 0 Å². The lowest BCUT2D eigenvalue weighted by Gasteiger charge is -2.31. The van der Waals surface area contributed by atoms with E-state index in [0.29, 0.717) is 31.1 Å². The SMILES string of the molecule is CCC1CCCCC1OCC(O)CNC(CO)C(C)C. The Bertz CT molecular complexity index is 248. The zero-order valence-corrected chi connectivity index (χ0v) is 13.3. The van der Waals surface area contributed by atoms with Crippen LogP contribution < -0.4 is 5.32 Å². The lowest BCUT2D eigenvalue weighted by Crippen LogP contribution is -2.43. The molecule has 4 nitrogen and oxygen atoms in total. The first-order chi connectivity index (χ1) is 9.58. The van der Waals surface area contributed by atoms with Crippen molar-refractivity contribution in [3.05, 3.63) is 0 Å². The molecule has 4 heteroatoms. The predicted octanol–water partition coefficient (Wildman–Crippen LogP) is 1.94. The van der Waals surface area contributed by atoms with E-state index in [1.165, 1.54) is 25.7 Å². The molecule has 1 rings (SSSR count). The van der Waals surface area contributed by atoms with Crippen molar-refractivity contribution >= 4 is 0 Å². The first kappa shape index (κ1) is 17.9. The molecular formula is C16H33NO3. The molecule has 0 bridgehead atoms. The largest absolute Gasteiger partial charge is 0.395 e. The number of aliphatic hydroxyl groups excluding tert-OH is 2. The molecule has 1 saturated carbocycles. The summed E-state index contributed by atoms with van der Waals surface area (Å²) in [7, 11) is 0. The Morgan fingerprint density at radius 3 is 2.55 bits per heavy atom. The predicted molar refractivity (Wildman–Crippen MR) is 81.7 cm³/mol. The topological polar surface area (TPSA) is 61.7 Å². The highest BCUT2D eigenvalue weighted by Crippen LogP contribution is 2.29. The van der Waals surface area contributed by atoms with Crippen molar-refractivity contribution in [1.29, 1.82) is 0 Å². The van der Waals surface area contributed by atoms with Crippen molar-refractivity contribution in [2.24, 2.45) is 11.8 Å². The van der Waals surface area contributed by atoms with Gasteiger partial charge in [-0.05, 0) is 24.7 Å². The van der Waals surface area contributed by atoms with Gasteiger partial charge in [0.05, 0.1) is 25.4 Å². The highest BCUT2D eigenvalue weighted by atomic mass is 16.5. The molecule has 4 atom stereocenters. The third kappa shape index (κ3) is 6.08. The second-order valence-electron chi connectivity index (χ2n) is 6.42. The van der Waals surface area contributed by atoms with Gasteiger partial charge < -0.3 is 20.3 Å². The fourth-order valence-corrected chi connectivity index (χ4v) is 2.95. The van der Waals surface area contributed by atoms with Crippen molar-refractivity contribution < 1.29 is 14.9 Å². The summed E-state index contributed by atoms with van der Waals surface area (Å²) < 4.78 is 5.92. The number of rotatable bonds is 9. The minimum Gasteiger partial charge on any atom is -0.395 e. The quantitative estimate of drug-likeness (QED) is 0.606. The highest BCUT2D eigenvalue weighted by molar-refractivity contribution is 4.76. The van der Waals surface area contributed by atoms with Gasteiger partial charge in [-0.25, -0.2) is 0 Å². The summed E-state index contributed by atoms with van der Waals surface area (Å²) in [5.41, 5.74) is 0. The fourth-order valence-electron chi connectivity index (χ4n) is 2.95. The molecule has 0 aromatic carbocycles. The first-order valence-corrected chi connectivity index (χ1v) is 8.22. The first-order valence-electron chi connectivity index (χ1n) is 8.22. The molecule has 0 spiro atoms. The summed E-state index contributed by atoms with van der Waals surface area (Å²) in [5.74, 6) is 1.01. The van der Waals surface area contributed by atoms with E-state index in [-0.39, 0.29) is 12.6 Å². The summed E-state index contributed by atoms with van der Waals surface area (Å²) in [6.45, 7) is 7.32. The Morgan fingerprint density at radius 1 is 1.25 bits per heavy atom. The Kier molecular flexibility index (Phi) is 8.69. The van der Waals surface area contributed by atoms with Crippen LogP contribution in [0.2, 0.25) is 0 Å². The summed E-state index contributed by atoms with van der Waals surface area (Å²) in [6.07, 6.45) is 5.94. The van der Waals surface area contributed by atoms with Crippen LogP contribution in [-0.4, -0.2) is 48.2 Å². The van der Waals surface area contributed by atoms with Gasteiger partial charge in [0, 0.05) is 12.6 Å². The number of aliphatic hydroxyl groups is 2. The minimum absolute atomic E-state index is 0.0442. The molecule has 0 radical (unpaired) electrons. The maximum absolute atomic E-state index is 10.00. The molecule has 20 heavy (non-hydrogen) atoms. The van der Waals surface area contributed by atoms with E-state index in [1.54, 1.807) is 0 Å². The van der Waals surface area contributed by atoms with E-state index in [9.17, 15) is 10.2 Å². The summed E-state index contributed by atoms with van der Waals surface area (Å²) in [5, 5.41) is 22.4. The zero-order chi connectivity index (χ0) is 15.0. The van der Waals surface area contributed by atoms with Gasteiger partial charge >= 0.3 is 0 Å². The van der Waals surface area contributed by atoms with Gasteiger partial charge in [-0.15, -0.1) is 0 Å². The molecule has 4 unspecified atom stereocenters. The normalized spacial score (nSPS) is 26.7. The van der Waals surface area contributed by atoms with E-state index in [1.807, 2.05) is 0 Å². The molecule has 1 aliphatic carbocycles. The molecule has 0 amide bonds. The fraction of sp³-hybridized carbons (Fsp3) is 1.00. The lowest BCUT2D eigenvalue weighted by molar-refractivity contribution is -0.0508. The van der Waals surface area contributed by atoms with Crippen LogP contribution in [-0.2, 0) is 4.74 Å². The van der Waals surface area contributed by atoms with Gasteiger partial charge in [-0.3, -0.25) is 0 Å². The standard InChI is InChI=1S/C16H33NO3/c1-4-13-7-5-6-8-16(13)20-11-14(19)9-17-15(10-18)12(2)3/h12-19H,4-11H2,1-3H3. The second kappa shape index (κ2) is 9.72. The van der Waals surface area contributed by atoms with Crippen molar-refractivity contribution in [2.45, 2.75) is 71.1 Å². The maximum Gasteiger partial charge on any atom is 0.0897 e. The minimum atomic E-state index is -0.498. The number of ether oxygens (including phenoxy) is 1. The van der Waals surface area contributed by atoms with E-state index >= 15 is 0 Å². The van der Waals surface area contributed by atoms with Crippen molar-refractivity contribution in [3.63, 3.8) is 0 Å². The highest BCUT2D eigenvalue weighted by Gasteiger charge is 2.25. The second-order valence-corrected chi connectivity index (χ2v) is 6.42. The number of hydrogen-bond donors (Lipinski definition) is 3. The van der Waals surface area contributed by atoms with Gasteiger partial charge in [0.2, 0.25) is 0 Å². The van der Waals surface area contributed by atoms with Crippen LogP contribution in [0.25, 0.3) is 0 Å². The molecular weight excluding hydrogens is 254 g/mol. The van der Waals surface area contributed by atoms with Crippen LogP contribution in [0.15, 0.2) is 0 Å². The Hall–Kier alpha value is -0.160. The van der Waals surface area contributed by atoms with Crippen molar-refractivity contribution in [3.8, 4) is 0 Å². The van der Waals surface area contributed by atoms with E-state index in [4.69, 9.17) is 4.74 Å². The van der Waals surface area contributed by atoms with Crippen LogP contribution in [0, 0.1) is 11.8 Å². The molecule has 0 aromatic heterocycles. The van der Waals surface area contributed by atoms with Crippen molar-refractivity contribution in [2.75, 3.05) is 19.8 Å². The number of nitrogens with one attached hydrogen (secondary N) is 1. The van der Waals surface area contributed by atoms with Crippen LogP contribution in [0.3, 0.4) is 0 Å². The lowest BCUT2D eigenvalue weighted by atomic mass is 9.85. The third-order valence-corrected chi connectivity index (χ3v) is 4.48. The molecule has 0 saturated heterocycles. The average Bonchev–Trinajstić information content (AvgIpc) is 2.45. The summed E-state index contributed by atoms with van der Waals surface area (Å²) in [6, 6.07) is 0.0442. The van der Waals surface area contributed by atoms with Crippen LogP contribution >= 0.6 is 0 Å². The van der Waals surface area contributed by atoms with E-state index in [0.717, 1.165) is 6.42 Å². The number of hydrogen-bond acceptors (Lipinski definition) is 4. The van der Waals surface area contributed by atoms with E-state index < -0.39 is 6.10 Å². The van der Waals surface area contributed by atoms with Gasteiger partial charge in [-0.1, -0.05) is 40.0 Å². The van der Waals surface area contributed by atoms with Crippen LogP contribution in [0.5, 0.6) is 0 Å². The Labute approximate surface area is 123 Å². The average molecular weight is 287 g/mol. The maximum atomic E-state index is 10.00. The molecule has 3 N–H and O–H groups in total. The Balaban J connectivity index is 2.23. The van der Waals surface area contributed by atoms with Gasteiger partial charge in [0.15, 0.2) is 0 Å².